The van der Waals surface area contributed by atoms with Gasteiger partial charge in [-0.25, -0.2) is 0 Å². The van der Waals surface area contributed by atoms with Crippen molar-refractivity contribution in [3.05, 3.63) is 82.2 Å². The van der Waals surface area contributed by atoms with E-state index in [1.165, 1.54) is 11.1 Å². The summed E-state index contributed by atoms with van der Waals surface area (Å²) in [7, 11) is 1.84. The number of benzene rings is 2. The molecule has 4 nitrogen and oxygen atoms in total. The molecule has 3 aromatic rings. The number of aromatic nitrogens is 1. The average Bonchev–Trinajstić information content (AvgIpc) is 2.74. The molecular formula is C25H29N3O. The van der Waals surface area contributed by atoms with Crippen molar-refractivity contribution in [3.8, 4) is 0 Å². The van der Waals surface area contributed by atoms with Crippen LogP contribution >= 0.6 is 0 Å². The molecule has 0 spiro atoms. The van der Waals surface area contributed by atoms with Crippen LogP contribution in [0.3, 0.4) is 0 Å². The predicted octanol–water partition coefficient (Wildman–Crippen LogP) is 4.44. The number of rotatable bonds is 5. The van der Waals surface area contributed by atoms with E-state index in [1.54, 1.807) is 10.6 Å². The van der Waals surface area contributed by atoms with Crippen LogP contribution in [0.25, 0.3) is 17.0 Å². The molecule has 1 saturated heterocycles. The number of aryl methyl sites for hydroxylation is 2. The fourth-order valence-electron chi connectivity index (χ4n) is 4.08. The fraction of sp³-hybridized carbons (Fsp3) is 0.320. The van der Waals surface area contributed by atoms with Gasteiger partial charge in [0.15, 0.2) is 0 Å². The van der Waals surface area contributed by atoms with Crippen molar-refractivity contribution in [2.24, 2.45) is 7.05 Å². The largest absolute Gasteiger partial charge is 0.382 e. The molecule has 1 aliphatic heterocycles. The molecule has 1 aromatic heterocycles. The molecule has 1 fully saturated rings. The summed E-state index contributed by atoms with van der Waals surface area (Å²) in [6, 6.07) is 18.9. The monoisotopic (exact) mass is 387 g/mol. The first-order chi connectivity index (χ1) is 14.1. The number of nitrogens with one attached hydrogen (secondary N) is 1. The highest BCUT2D eigenvalue weighted by molar-refractivity contribution is 5.92. The molecule has 0 amide bonds. The minimum absolute atomic E-state index is 0.0346. The van der Waals surface area contributed by atoms with Gasteiger partial charge < -0.3 is 9.88 Å². The Morgan fingerprint density at radius 2 is 1.83 bits per heavy atom. The van der Waals surface area contributed by atoms with Gasteiger partial charge in [0.2, 0.25) is 0 Å². The summed E-state index contributed by atoms with van der Waals surface area (Å²) in [5, 5.41) is 4.79. The minimum Gasteiger partial charge on any atom is -0.382 e. The SMILES string of the molecule is Cc1ccc2c(c1)c(NC1CCN(CC=Cc3ccccc3)CC1)cc(=O)n2C. The number of hydrogen-bond donors (Lipinski definition) is 1. The standard InChI is InChI=1S/C25H29N3O/c1-19-10-11-24-22(17-19)23(18-25(29)27(24)2)26-21-12-15-28(16-13-21)14-6-9-20-7-4-3-5-8-20/h3-11,17-18,21,26H,12-16H2,1-2H3. The molecule has 4 heteroatoms. The predicted molar refractivity (Wildman–Crippen MR) is 122 cm³/mol. The number of hydrogen-bond acceptors (Lipinski definition) is 3. The van der Waals surface area contributed by atoms with Crippen LogP contribution in [0.1, 0.15) is 24.0 Å². The Balaban J connectivity index is 1.39. The van der Waals surface area contributed by atoms with Crippen molar-refractivity contribution >= 4 is 22.7 Å². The molecule has 0 bridgehead atoms. The summed E-state index contributed by atoms with van der Waals surface area (Å²) in [6.45, 7) is 5.21. The highest BCUT2D eigenvalue weighted by Gasteiger charge is 2.19. The van der Waals surface area contributed by atoms with Crippen LogP contribution in [0, 0.1) is 6.92 Å². The first kappa shape index (κ1) is 19.5. The molecule has 29 heavy (non-hydrogen) atoms. The van der Waals surface area contributed by atoms with Crippen LogP contribution in [-0.2, 0) is 7.05 Å². The van der Waals surface area contributed by atoms with E-state index in [0.717, 1.165) is 49.1 Å². The van der Waals surface area contributed by atoms with Gasteiger partial charge >= 0.3 is 0 Å². The van der Waals surface area contributed by atoms with Gasteiger partial charge in [-0.1, -0.05) is 54.1 Å². The van der Waals surface area contributed by atoms with Crippen molar-refractivity contribution in [1.82, 2.24) is 9.47 Å². The summed E-state index contributed by atoms with van der Waals surface area (Å²) in [4.78, 5) is 14.9. The summed E-state index contributed by atoms with van der Waals surface area (Å²) >= 11 is 0. The van der Waals surface area contributed by atoms with Gasteiger partial charge in [0, 0.05) is 49.9 Å². The third-order valence-electron chi connectivity index (χ3n) is 5.82. The Morgan fingerprint density at radius 1 is 1.07 bits per heavy atom. The van der Waals surface area contributed by atoms with E-state index in [-0.39, 0.29) is 5.56 Å². The van der Waals surface area contributed by atoms with E-state index in [2.05, 4.69) is 65.7 Å². The van der Waals surface area contributed by atoms with Crippen LogP contribution in [0.15, 0.2) is 65.5 Å². The number of likely N-dealkylation sites (tertiary alicyclic amines) is 1. The fourth-order valence-corrected chi connectivity index (χ4v) is 4.08. The van der Waals surface area contributed by atoms with E-state index < -0.39 is 0 Å². The van der Waals surface area contributed by atoms with E-state index >= 15 is 0 Å². The first-order valence-corrected chi connectivity index (χ1v) is 10.4. The lowest BCUT2D eigenvalue weighted by molar-refractivity contribution is 0.240. The van der Waals surface area contributed by atoms with Gasteiger partial charge in [-0.2, -0.15) is 0 Å². The Bertz CT molecular complexity index is 1060. The van der Waals surface area contributed by atoms with Crippen molar-refractivity contribution in [3.63, 3.8) is 0 Å². The second-order valence-corrected chi connectivity index (χ2v) is 8.01. The topological polar surface area (TPSA) is 37.3 Å². The molecule has 0 unspecified atom stereocenters. The quantitative estimate of drug-likeness (QED) is 0.703. The van der Waals surface area contributed by atoms with Gasteiger partial charge in [0.25, 0.3) is 5.56 Å². The van der Waals surface area contributed by atoms with E-state index in [4.69, 9.17) is 0 Å². The van der Waals surface area contributed by atoms with E-state index in [0.29, 0.717) is 6.04 Å². The van der Waals surface area contributed by atoms with Gasteiger partial charge in [-0.05, 0) is 37.5 Å². The molecule has 0 saturated carbocycles. The van der Waals surface area contributed by atoms with Gasteiger partial charge in [-0.15, -0.1) is 0 Å². The molecular weight excluding hydrogens is 358 g/mol. The normalized spacial score (nSPS) is 15.9. The molecule has 2 aromatic carbocycles. The van der Waals surface area contributed by atoms with E-state index in [1.807, 2.05) is 19.2 Å². The van der Waals surface area contributed by atoms with E-state index in [9.17, 15) is 4.79 Å². The maximum atomic E-state index is 12.4. The maximum absolute atomic E-state index is 12.4. The Morgan fingerprint density at radius 3 is 2.59 bits per heavy atom. The molecule has 0 radical (unpaired) electrons. The zero-order valence-corrected chi connectivity index (χ0v) is 17.3. The van der Waals surface area contributed by atoms with Gasteiger partial charge in [0.05, 0.1) is 5.52 Å². The van der Waals surface area contributed by atoms with Gasteiger partial charge in [-0.3, -0.25) is 9.69 Å². The summed E-state index contributed by atoms with van der Waals surface area (Å²) < 4.78 is 1.72. The van der Waals surface area contributed by atoms with Crippen LogP contribution in [0.5, 0.6) is 0 Å². The highest BCUT2D eigenvalue weighted by atomic mass is 16.1. The smallest absolute Gasteiger partial charge is 0.252 e. The molecule has 0 atom stereocenters. The molecule has 4 rings (SSSR count). The zero-order chi connectivity index (χ0) is 20.2. The number of anilines is 1. The van der Waals surface area contributed by atoms with Crippen LogP contribution in [0.4, 0.5) is 5.69 Å². The zero-order valence-electron chi connectivity index (χ0n) is 17.3. The first-order valence-electron chi connectivity index (χ1n) is 10.4. The second kappa shape index (κ2) is 8.66. The molecule has 1 aliphatic rings. The van der Waals surface area contributed by atoms with Gasteiger partial charge in [0.1, 0.15) is 0 Å². The van der Waals surface area contributed by atoms with Crippen LogP contribution < -0.4 is 10.9 Å². The van der Waals surface area contributed by atoms with Crippen LogP contribution in [-0.4, -0.2) is 35.1 Å². The third kappa shape index (κ3) is 4.60. The van der Waals surface area contributed by atoms with Crippen molar-refractivity contribution in [2.75, 3.05) is 25.0 Å². The average molecular weight is 388 g/mol. The lowest BCUT2D eigenvalue weighted by Gasteiger charge is -2.32. The summed E-state index contributed by atoms with van der Waals surface area (Å²) in [5.41, 5.74) is 4.44. The Kier molecular flexibility index (Phi) is 5.81. The molecule has 2 heterocycles. The number of nitrogens with zero attached hydrogens (tertiary/aromatic N) is 2. The summed E-state index contributed by atoms with van der Waals surface area (Å²) in [5.74, 6) is 0. The Hall–Kier alpha value is -2.85. The summed E-state index contributed by atoms with van der Waals surface area (Å²) in [6.07, 6.45) is 6.61. The number of fused-ring (bicyclic) bond motifs is 1. The lowest BCUT2D eigenvalue weighted by atomic mass is 10.0. The van der Waals surface area contributed by atoms with Crippen molar-refractivity contribution in [2.45, 2.75) is 25.8 Å². The second-order valence-electron chi connectivity index (χ2n) is 8.01. The lowest BCUT2D eigenvalue weighted by Crippen LogP contribution is -2.39. The molecule has 150 valence electrons. The van der Waals surface area contributed by atoms with Crippen LogP contribution in [0.2, 0.25) is 0 Å². The maximum Gasteiger partial charge on any atom is 0.252 e. The minimum atomic E-state index is 0.0346. The van der Waals surface area contributed by atoms with Crippen molar-refractivity contribution in [1.29, 1.82) is 0 Å². The number of piperidine rings is 1. The number of pyridine rings is 1. The molecule has 0 aliphatic carbocycles. The van der Waals surface area contributed by atoms with Crippen molar-refractivity contribution < 1.29 is 0 Å². The molecule has 1 N–H and O–H groups in total. The highest BCUT2D eigenvalue weighted by Crippen LogP contribution is 2.25. The Labute approximate surface area is 172 Å². The third-order valence-corrected chi connectivity index (χ3v) is 5.82.